The fraction of sp³-hybridized carbons (Fsp3) is 0.545. The van der Waals surface area contributed by atoms with Gasteiger partial charge in [-0.15, -0.1) is 18.2 Å². The second kappa shape index (κ2) is 10.5. The summed E-state index contributed by atoms with van der Waals surface area (Å²) in [6.45, 7) is 20.0. The van der Waals surface area contributed by atoms with E-state index in [0.717, 1.165) is 13.1 Å². The highest BCUT2D eigenvalue weighted by Gasteiger charge is 2.37. The highest BCUT2D eigenvalue weighted by Crippen LogP contribution is 2.36. The fourth-order valence-corrected chi connectivity index (χ4v) is 3.43. The lowest BCUT2D eigenvalue weighted by atomic mass is 10.1. The van der Waals surface area contributed by atoms with Gasteiger partial charge in [0.25, 0.3) is 0 Å². The van der Waals surface area contributed by atoms with E-state index in [4.69, 9.17) is 16.0 Å². The first-order valence-corrected chi connectivity index (χ1v) is 12.8. The van der Waals surface area contributed by atoms with Crippen molar-refractivity contribution < 1.29 is 4.43 Å². The van der Waals surface area contributed by atoms with Crippen LogP contribution in [0.25, 0.3) is 0 Å². The SMILES string of the molecule is C=C[C@@H](CO[Si](C)(C)C(C)(C)C)N(C/C=C(\C)CCl)Cc1ccccc1. The average molecular weight is 394 g/mol. The van der Waals surface area contributed by atoms with Crippen LogP contribution in [0.15, 0.2) is 54.6 Å². The summed E-state index contributed by atoms with van der Waals surface area (Å²) < 4.78 is 6.48. The fourth-order valence-electron chi connectivity index (χ4n) is 2.30. The maximum atomic E-state index is 6.48. The molecule has 1 aromatic rings. The molecule has 4 heteroatoms. The van der Waals surface area contributed by atoms with Crippen molar-refractivity contribution in [2.45, 2.75) is 58.4 Å². The third-order valence-electron chi connectivity index (χ3n) is 5.28. The molecule has 0 amide bonds. The van der Waals surface area contributed by atoms with Gasteiger partial charge in [0.05, 0.1) is 12.6 Å². The van der Waals surface area contributed by atoms with E-state index in [0.29, 0.717) is 12.5 Å². The molecule has 1 aromatic carbocycles. The number of rotatable bonds is 10. The zero-order valence-corrected chi connectivity index (χ0v) is 19.1. The Kier molecular flexibility index (Phi) is 9.32. The molecular weight excluding hydrogens is 358 g/mol. The molecule has 0 aliphatic rings. The molecule has 0 aromatic heterocycles. The first-order valence-electron chi connectivity index (χ1n) is 9.37. The van der Waals surface area contributed by atoms with E-state index >= 15 is 0 Å². The molecule has 0 fully saturated rings. The lowest BCUT2D eigenvalue weighted by Gasteiger charge is -2.38. The number of hydrogen-bond donors (Lipinski definition) is 0. The molecule has 0 aliphatic heterocycles. The van der Waals surface area contributed by atoms with Crippen molar-refractivity contribution in [3.8, 4) is 0 Å². The zero-order chi connectivity index (χ0) is 19.8. The van der Waals surface area contributed by atoms with Gasteiger partial charge in [-0.2, -0.15) is 0 Å². The van der Waals surface area contributed by atoms with Gasteiger partial charge >= 0.3 is 0 Å². The molecule has 0 aliphatic carbocycles. The molecule has 0 heterocycles. The van der Waals surface area contributed by atoms with Gasteiger partial charge in [0.15, 0.2) is 8.32 Å². The Labute approximate surface area is 167 Å². The molecule has 2 nitrogen and oxygen atoms in total. The Bertz CT molecular complexity index is 578. The standard InChI is InChI=1S/C22H36ClNOSi/c1-8-21(18-25-26(6,7)22(3,4)5)24(15-14-19(2)16-23)17-20-12-10-9-11-13-20/h8-14,21H,1,15-18H2,2-7H3/b19-14+/t21-/m0/s1. The average Bonchev–Trinajstić information content (AvgIpc) is 2.59. The normalized spacial score (nSPS) is 14.5. The summed E-state index contributed by atoms with van der Waals surface area (Å²) in [6.07, 6.45) is 4.22. The van der Waals surface area contributed by atoms with Gasteiger partial charge in [-0.05, 0) is 30.6 Å². The van der Waals surface area contributed by atoms with Crippen molar-refractivity contribution in [3.63, 3.8) is 0 Å². The second-order valence-electron chi connectivity index (χ2n) is 8.47. The Morgan fingerprint density at radius 3 is 2.38 bits per heavy atom. The highest BCUT2D eigenvalue weighted by molar-refractivity contribution is 6.74. The van der Waals surface area contributed by atoms with Crippen LogP contribution < -0.4 is 0 Å². The van der Waals surface area contributed by atoms with E-state index in [-0.39, 0.29) is 11.1 Å². The predicted octanol–water partition coefficient (Wildman–Crippen LogP) is 6.25. The van der Waals surface area contributed by atoms with Crippen LogP contribution in [0.1, 0.15) is 33.3 Å². The minimum Gasteiger partial charge on any atom is -0.415 e. The van der Waals surface area contributed by atoms with Crippen LogP contribution in [-0.2, 0) is 11.0 Å². The first kappa shape index (κ1) is 23.2. The molecule has 1 atom stereocenters. The molecule has 0 unspecified atom stereocenters. The zero-order valence-electron chi connectivity index (χ0n) is 17.4. The maximum absolute atomic E-state index is 6.48. The van der Waals surface area contributed by atoms with E-state index in [2.05, 4.69) is 88.7 Å². The summed E-state index contributed by atoms with van der Waals surface area (Å²) in [6, 6.07) is 10.7. The largest absolute Gasteiger partial charge is 0.415 e. The van der Waals surface area contributed by atoms with Crippen LogP contribution in [0.3, 0.4) is 0 Å². The molecule has 0 radical (unpaired) electrons. The molecular formula is C22H36ClNOSi. The molecule has 0 spiro atoms. The minimum atomic E-state index is -1.78. The Hall–Kier alpha value is -0.873. The van der Waals surface area contributed by atoms with Crippen LogP contribution in [0.5, 0.6) is 0 Å². The summed E-state index contributed by atoms with van der Waals surface area (Å²) in [5, 5.41) is 0.206. The van der Waals surface area contributed by atoms with E-state index in [1.54, 1.807) is 0 Å². The van der Waals surface area contributed by atoms with Gasteiger partial charge in [-0.3, -0.25) is 4.90 Å². The minimum absolute atomic E-state index is 0.170. The Balaban J connectivity index is 2.92. The number of allylic oxidation sites excluding steroid dienone is 1. The number of nitrogens with zero attached hydrogens (tertiary/aromatic N) is 1. The third kappa shape index (κ3) is 7.40. The summed E-state index contributed by atoms with van der Waals surface area (Å²) >= 11 is 5.95. The summed E-state index contributed by atoms with van der Waals surface area (Å²) in [4.78, 5) is 2.41. The molecule has 0 saturated carbocycles. The quantitative estimate of drug-likeness (QED) is 0.264. The maximum Gasteiger partial charge on any atom is 0.192 e. The van der Waals surface area contributed by atoms with Crippen molar-refractivity contribution in [3.05, 3.63) is 60.2 Å². The van der Waals surface area contributed by atoms with Crippen LogP contribution >= 0.6 is 11.6 Å². The summed E-state index contributed by atoms with van der Waals surface area (Å²) in [5.41, 5.74) is 2.49. The third-order valence-corrected chi connectivity index (χ3v) is 10.2. The number of benzene rings is 1. The van der Waals surface area contributed by atoms with E-state index in [1.807, 2.05) is 6.08 Å². The molecule has 26 heavy (non-hydrogen) atoms. The van der Waals surface area contributed by atoms with Gasteiger partial charge in [0, 0.05) is 19.0 Å². The molecule has 1 rings (SSSR count). The van der Waals surface area contributed by atoms with Crippen molar-refractivity contribution in [2.24, 2.45) is 0 Å². The molecule has 0 N–H and O–H groups in total. The summed E-state index contributed by atoms with van der Waals surface area (Å²) in [5.74, 6) is 0.568. The van der Waals surface area contributed by atoms with E-state index in [1.165, 1.54) is 11.1 Å². The molecule has 0 saturated heterocycles. The predicted molar refractivity (Wildman–Crippen MR) is 118 cm³/mol. The van der Waals surface area contributed by atoms with Crippen molar-refractivity contribution >= 4 is 19.9 Å². The second-order valence-corrected chi connectivity index (χ2v) is 13.6. The first-order chi connectivity index (χ1) is 12.1. The van der Waals surface area contributed by atoms with Crippen molar-refractivity contribution in [1.82, 2.24) is 4.90 Å². The van der Waals surface area contributed by atoms with Gasteiger partial charge in [-0.25, -0.2) is 0 Å². The number of alkyl halides is 1. The lowest BCUT2D eigenvalue weighted by molar-refractivity contribution is 0.161. The van der Waals surface area contributed by atoms with E-state index < -0.39 is 8.32 Å². The van der Waals surface area contributed by atoms with Crippen LogP contribution in [0, 0.1) is 0 Å². The highest BCUT2D eigenvalue weighted by atomic mass is 35.5. The van der Waals surface area contributed by atoms with Crippen LogP contribution in [0.4, 0.5) is 0 Å². The van der Waals surface area contributed by atoms with Gasteiger partial charge in [-0.1, -0.05) is 68.8 Å². The number of halogens is 1. The van der Waals surface area contributed by atoms with Crippen LogP contribution in [-0.4, -0.2) is 38.3 Å². The Morgan fingerprint density at radius 1 is 1.27 bits per heavy atom. The van der Waals surface area contributed by atoms with Crippen molar-refractivity contribution in [1.29, 1.82) is 0 Å². The summed E-state index contributed by atoms with van der Waals surface area (Å²) in [7, 11) is -1.78. The number of hydrogen-bond acceptors (Lipinski definition) is 2. The molecule has 146 valence electrons. The van der Waals surface area contributed by atoms with Crippen LogP contribution in [0.2, 0.25) is 18.1 Å². The Morgan fingerprint density at radius 2 is 1.88 bits per heavy atom. The molecule has 0 bridgehead atoms. The monoisotopic (exact) mass is 393 g/mol. The van der Waals surface area contributed by atoms with Crippen molar-refractivity contribution in [2.75, 3.05) is 19.0 Å². The lowest BCUT2D eigenvalue weighted by Crippen LogP contribution is -2.45. The van der Waals surface area contributed by atoms with Gasteiger partial charge in [0.1, 0.15) is 0 Å². The smallest absolute Gasteiger partial charge is 0.192 e. The van der Waals surface area contributed by atoms with Gasteiger partial charge in [0.2, 0.25) is 0 Å². The van der Waals surface area contributed by atoms with E-state index in [9.17, 15) is 0 Å². The van der Waals surface area contributed by atoms with Gasteiger partial charge < -0.3 is 4.43 Å². The topological polar surface area (TPSA) is 12.5 Å².